The lowest BCUT2D eigenvalue weighted by atomic mass is 10.1. The zero-order valence-corrected chi connectivity index (χ0v) is 14.4. The number of nitrogens with one attached hydrogen (secondary N) is 2. The summed E-state index contributed by atoms with van der Waals surface area (Å²) in [6.45, 7) is 0. The van der Waals surface area contributed by atoms with Gasteiger partial charge in [-0.2, -0.15) is 18.3 Å². The number of halogens is 4. The molecule has 0 aliphatic carbocycles. The van der Waals surface area contributed by atoms with Gasteiger partial charge < -0.3 is 10.4 Å². The average Bonchev–Trinajstić information content (AvgIpc) is 2.56. The molecule has 0 atom stereocenters. The van der Waals surface area contributed by atoms with Gasteiger partial charge in [0.2, 0.25) is 0 Å². The van der Waals surface area contributed by atoms with Crippen LogP contribution in [0.5, 0.6) is 0 Å². The van der Waals surface area contributed by atoms with Crippen molar-refractivity contribution in [2.45, 2.75) is 6.18 Å². The van der Waals surface area contributed by atoms with E-state index < -0.39 is 17.7 Å². The van der Waals surface area contributed by atoms with Gasteiger partial charge >= 0.3 is 12.1 Å². The molecule has 5 nitrogen and oxygen atoms in total. The van der Waals surface area contributed by atoms with Crippen LogP contribution in [0.25, 0.3) is 0 Å². The van der Waals surface area contributed by atoms with Crippen LogP contribution < -0.4 is 10.7 Å². The number of hydrogen-bond acceptors (Lipinski definition) is 3. The van der Waals surface area contributed by atoms with E-state index in [1.165, 1.54) is 18.3 Å². The summed E-state index contributed by atoms with van der Waals surface area (Å²) < 4.78 is 38.2. The maximum absolute atomic E-state index is 12.7. The van der Waals surface area contributed by atoms with Crippen molar-refractivity contribution in [2.24, 2.45) is 5.10 Å². The highest BCUT2D eigenvalue weighted by molar-refractivity contribution is 7.80. The predicted molar refractivity (Wildman–Crippen MR) is 96.8 cm³/mol. The van der Waals surface area contributed by atoms with Crippen molar-refractivity contribution < 1.29 is 23.1 Å². The second kappa shape index (κ2) is 8.15. The SMILES string of the molecule is O=C(O)c1ccccc1/C=N/NC(=S)Nc1cc(C(F)(F)F)ccc1Cl. The molecule has 0 heterocycles. The molecule has 136 valence electrons. The number of rotatable bonds is 4. The summed E-state index contributed by atoms with van der Waals surface area (Å²) in [4.78, 5) is 11.1. The quantitative estimate of drug-likeness (QED) is 0.403. The highest BCUT2D eigenvalue weighted by Gasteiger charge is 2.31. The number of benzene rings is 2. The number of alkyl halides is 3. The molecule has 3 N–H and O–H groups in total. The van der Waals surface area contributed by atoms with E-state index in [0.29, 0.717) is 5.56 Å². The van der Waals surface area contributed by atoms with E-state index in [0.717, 1.165) is 18.2 Å². The zero-order valence-electron chi connectivity index (χ0n) is 12.8. The van der Waals surface area contributed by atoms with Crippen molar-refractivity contribution in [1.29, 1.82) is 0 Å². The van der Waals surface area contributed by atoms with Crippen LogP contribution >= 0.6 is 23.8 Å². The van der Waals surface area contributed by atoms with E-state index in [4.69, 9.17) is 28.9 Å². The molecule has 0 saturated heterocycles. The van der Waals surface area contributed by atoms with E-state index in [2.05, 4.69) is 15.8 Å². The lowest BCUT2D eigenvalue weighted by Gasteiger charge is -2.12. The number of carbonyl (C=O) groups is 1. The van der Waals surface area contributed by atoms with Gasteiger partial charge in [0.15, 0.2) is 5.11 Å². The Kier molecular flexibility index (Phi) is 6.17. The predicted octanol–water partition coefficient (Wildman–Crippen LogP) is 4.38. The van der Waals surface area contributed by atoms with Crippen LogP contribution in [0.15, 0.2) is 47.6 Å². The number of hydrogen-bond donors (Lipinski definition) is 3. The molecule has 10 heteroatoms. The van der Waals surface area contributed by atoms with Crippen LogP contribution in [0.4, 0.5) is 18.9 Å². The van der Waals surface area contributed by atoms with Crippen molar-refractivity contribution in [3.8, 4) is 0 Å². The van der Waals surface area contributed by atoms with Gasteiger partial charge in [-0.05, 0) is 36.5 Å². The molecule has 0 aromatic heterocycles. The van der Waals surface area contributed by atoms with Crippen molar-refractivity contribution in [3.63, 3.8) is 0 Å². The molecule has 0 aliphatic heterocycles. The third-order valence-corrected chi connectivity index (χ3v) is 3.63. The van der Waals surface area contributed by atoms with Gasteiger partial charge in [0.25, 0.3) is 0 Å². The third kappa shape index (κ3) is 5.17. The van der Waals surface area contributed by atoms with Gasteiger partial charge in [0, 0.05) is 5.56 Å². The van der Waals surface area contributed by atoms with E-state index in [-0.39, 0.29) is 21.4 Å². The Balaban J connectivity index is 2.07. The topological polar surface area (TPSA) is 73.7 Å². The third-order valence-electron chi connectivity index (χ3n) is 3.10. The highest BCUT2D eigenvalue weighted by Crippen LogP contribution is 2.33. The second-order valence-corrected chi connectivity index (χ2v) is 5.72. The standard InChI is InChI=1S/C16H11ClF3N3O2S/c17-12-6-5-10(16(18,19)20)7-13(12)22-15(26)23-21-8-9-3-1-2-4-11(9)14(24)25/h1-8H,(H,24,25)(H2,22,23,26)/b21-8+. The summed E-state index contributed by atoms with van der Waals surface area (Å²) in [6, 6.07) is 8.91. The lowest BCUT2D eigenvalue weighted by Crippen LogP contribution is -2.24. The van der Waals surface area contributed by atoms with Crippen LogP contribution in [0.2, 0.25) is 5.02 Å². The summed E-state index contributed by atoms with van der Waals surface area (Å²) in [6.07, 6.45) is -3.29. The van der Waals surface area contributed by atoms with Crippen LogP contribution in [0.3, 0.4) is 0 Å². The van der Waals surface area contributed by atoms with Crippen molar-refractivity contribution >= 4 is 46.8 Å². The summed E-state index contributed by atoms with van der Waals surface area (Å²) in [7, 11) is 0. The first-order valence-electron chi connectivity index (χ1n) is 6.97. The Morgan fingerprint density at radius 3 is 2.58 bits per heavy atom. The monoisotopic (exact) mass is 401 g/mol. The molecule has 2 rings (SSSR count). The fourth-order valence-electron chi connectivity index (χ4n) is 1.91. The average molecular weight is 402 g/mol. The van der Waals surface area contributed by atoms with Gasteiger partial charge in [-0.15, -0.1) is 0 Å². The Labute approximate surface area is 156 Å². The number of anilines is 1. The summed E-state index contributed by atoms with van der Waals surface area (Å²) in [5.41, 5.74) is 1.83. The maximum Gasteiger partial charge on any atom is 0.416 e. The molecule has 0 aliphatic rings. The molecule has 0 saturated carbocycles. The number of nitrogens with zero attached hydrogens (tertiary/aromatic N) is 1. The molecule has 0 fully saturated rings. The molecule has 2 aromatic carbocycles. The minimum atomic E-state index is -4.52. The summed E-state index contributed by atoms with van der Waals surface area (Å²) in [5, 5.41) is 15.3. The summed E-state index contributed by atoms with van der Waals surface area (Å²) >= 11 is 10.8. The molecule has 26 heavy (non-hydrogen) atoms. The Morgan fingerprint density at radius 2 is 1.92 bits per heavy atom. The Hall–Kier alpha value is -2.65. The maximum atomic E-state index is 12.7. The first-order chi connectivity index (χ1) is 12.2. The summed E-state index contributed by atoms with van der Waals surface area (Å²) in [5.74, 6) is -1.12. The first kappa shape index (κ1) is 19.7. The van der Waals surface area contributed by atoms with Crippen LogP contribution in [-0.4, -0.2) is 22.4 Å². The van der Waals surface area contributed by atoms with Crippen LogP contribution in [0, 0.1) is 0 Å². The fraction of sp³-hybridized carbons (Fsp3) is 0.0625. The van der Waals surface area contributed by atoms with E-state index in [9.17, 15) is 18.0 Å². The smallest absolute Gasteiger partial charge is 0.416 e. The van der Waals surface area contributed by atoms with Gasteiger partial charge in [0.05, 0.1) is 28.1 Å². The van der Waals surface area contributed by atoms with Gasteiger partial charge in [-0.1, -0.05) is 29.8 Å². The number of thiocarbonyl (C=S) groups is 1. The number of aromatic carboxylic acids is 1. The fourth-order valence-corrected chi connectivity index (χ4v) is 2.24. The Bertz CT molecular complexity index is 872. The number of carboxylic acid groups (broad SMARTS) is 1. The van der Waals surface area contributed by atoms with Crippen LogP contribution in [-0.2, 0) is 6.18 Å². The minimum Gasteiger partial charge on any atom is -0.478 e. The minimum absolute atomic E-state index is 0.0397. The van der Waals surface area contributed by atoms with Crippen molar-refractivity contribution in [2.75, 3.05) is 5.32 Å². The van der Waals surface area contributed by atoms with Crippen LogP contribution in [0.1, 0.15) is 21.5 Å². The number of carboxylic acids is 1. The largest absolute Gasteiger partial charge is 0.478 e. The second-order valence-electron chi connectivity index (χ2n) is 4.91. The van der Waals surface area contributed by atoms with E-state index in [1.807, 2.05) is 0 Å². The first-order valence-corrected chi connectivity index (χ1v) is 7.76. The number of hydrazone groups is 1. The highest BCUT2D eigenvalue weighted by atomic mass is 35.5. The van der Waals surface area contributed by atoms with E-state index in [1.54, 1.807) is 12.1 Å². The van der Waals surface area contributed by atoms with Crippen molar-refractivity contribution in [3.05, 3.63) is 64.2 Å². The molecular formula is C16H11ClF3N3O2S. The molecular weight excluding hydrogens is 391 g/mol. The molecule has 0 radical (unpaired) electrons. The van der Waals surface area contributed by atoms with Gasteiger partial charge in [-0.25, -0.2) is 4.79 Å². The lowest BCUT2D eigenvalue weighted by molar-refractivity contribution is -0.137. The molecule has 2 aromatic rings. The zero-order chi connectivity index (χ0) is 19.3. The molecule has 0 spiro atoms. The molecule has 0 amide bonds. The normalized spacial score (nSPS) is 11.4. The van der Waals surface area contributed by atoms with Gasteiger partial charge in [-0.3, -0.25) is 5.43 Å². The van der Waals surface area contributed by atoms with Crippen molar-refractivity contribution in [1.82, 2.24) is 5.43 Å². The van der Waals surface area contributed by atoms with Gasteiger partial charge in [0.1, 0.15) is 0 Å². The Morgan fingerprint density at radius 1 is 1.23 bits per heavy atom. The molecule has 0 unspecified atom stereocenters. The van der Waals surface area contributed by atoms with E-state index >= 15 is 0 Å². The molecule has 0 bridgehead atoms.